The van der Waals surface area contributed by atoms with Crippen molar-refractivity contribution in [1.29, 1.82) is 0 Å². The van der Waals surface area contributed by atoms with Gasteiger partial charge < -0.3 is 5.32 Å². The largest absolute Gasteiger partial charge is 0.324 e. The van der Waals surface area contributed by atoms with Crippen LogP contribution in [0.4, 0.5) is 11.4 Å². The van der Waals surface area contributed by atoms with Crippen LogP contribution in [0, 0.1) is 24.0 Å². The molecule has 0 spiro atoms. The summed E-state index contributed by atoms with van der Waals surface area (Å²) in [5.41, 5.74) is 3.03. The fourth-order valence-electron chi connectivity index (χ4n) is 3.60. The van der Waals surface area contributed by atoms with Gasteiger partial charge in [0.2, 0.25) is 5.91 Å². The molecule has 1 amide bonds. The van der Waals surface area contributed by atoms with Crippen molar-refractivity contribution in [3.63, 3.8) is 0 Å². The van der Waals surface area contributed by atoms with Gasteiger partial charge in [-0.3, -0.25) is 19.7 Å². The van der Waals surface area contributed by atoms with E-state index in [1.54, 1.807) is 36.4 Å². The minimum atomic E-state index is -0.487. The number of nitrogens with one attached hydrogen (secondary N) is 1. The molecule has 0 atom stereocenters. The second kappa shape index (κ2) is 8.43. The maximum absolute atomic E-state index is 13.0. The molecule has 0 saturated heterocycles. The first kappa shape index (κ1) is 20.9. The first-order valence-corrected chi connectivity index (χ1v) is 9.95. The molecule has 4 aromatic rings. The lowest BCUT2D eigenvalue weighted by molar-refractivity contribution is -0.384. The molecular weight excluding hydrogens is 408 g/mol. The van der Waals surface area contributed by atoms with Crippen molar-refractivity contribution in [2.75, 3.05) is 5.32 Å². The maximum atomic E-state index is 13.0. The van der Waals surface area contributed by atoms with Crippen LogP contribution in [0.2, 0.25) is 0 Å². The molecule has 0 radical (unpaired) electrons. The Labute approximate surface area is 183 Å². The second-order valence-electron chi connectivity index (χ2n) is 7.53. The normalized spacial score (nSPS) is 10.8. The molecule has 32 heavy (non-hydrogen) atoms. The summed E-state index contributed by atoms with van der Waals surface area (Å²) in [5.74, 6) is -0.396. The Morgan fingerprint density at radius 3 is 2.50 bits per heavy atom. The molecule has 3 aromatic carbocycles. The number of fused-ring (bicyclic) bond motifs is 1. The minimum Gasteiger partial charge on any atom is -0.324 e. The molecule has 1 aromatic heterocycles. The summed E-state index contributed by atoms with van der Waals surface area (Å²) >= 11 is 0. The number of nitro groups is 1. The number of non-ortho nitro benzene ring substituents is 1. The van der Waals surface area contributed by atoms with Crippen LogP contribution in [0.15, 0.2) is 71.5 Å². The van der Waals surface area contributed by atoms with Crippen molar-refractivity contribution >= 4 is 28.1 Å². The standard InChI is InChI=1S/C24H20N4O4/c1-15-10-11-21(16(2)12-15)25-22(29)14-27-24(30)20-9-4-3-8-19(20)23(26-27)17-6-5-7-18(13-17)28(31)32/h3-13H,14H2,1-2H3,(H,25,29). The monoisotopic (exact) mass is 428 g/mol. The molecule has 4 rings (SSSR count). The van der Waals surface area contributed by atoms with E-state index in [0.717, 1.165) is 15.8 Å². The van der Waals surface area contributed by atoms with Crippen molar-refractivity contribution < 1.29 is 9.72 Å². The van der Waals surface area contributed by atoms with Crippen LogP contribution >= 0.6 is 0 Å². The van der Waals surface area contributed by atoms with Gasteiger partial charge in [0, 0.05) is 28.8 Å². The molecular formula is C24H20N4O4. The average Bonchev–Trinajstić information content (AvgIpc) is 2.78. The predicted molar refractivity (Wildman–Crippen MR) is 123 cm³/mol. The smallest absolute Gasteiger partial charge is 0.275 e. The van der Waals surface area contributed by atoms with Gasteiger partial charge in [0.1, 0.15) is 6.54 Å². The molecule has 8 nitrogen and oxygen atoms in total. The van der Waals surface area contributed by atoms with Crippen LogP contribution in [-0.2, 0) is 11.3 Å². The first-order valence-electron chi connectivity index (χ1n) is 9.95. The Kier molecular flexibility index (Phi) is 5.51. The number of anilines is 1. The Hall–Kier alpha value is -4.33. The molecule has 8 heteroatoms. The van der Waals surface area contributed by atoms with Crippen LogP contribution in [0.1, 0.15) is 11.1 Å². The molecule has 1 heterocycles. The lowest BCUT2D eigenvalue weighted by atomic mass is 10.0. The Balaban J connectivity index is 1.76. The molecule has 0 saturated carbocycles. The van der Waals surface area contributed by atoms with Gasteiger partial charge >= 0.3 is 0 Å². The highest BCUT2D eigenvalue weighted by Gasteiger charge is 2.16. The summed E-state index contributed by atoms with van der Waals surface area (Å²) < 4.78 is 1.09. The van der Waals surface area contributed by atoms with Gasteiger partial charge in [0.15, 0.2) is 0 Å². The van der Waals surface area contributed by atoms with Gasteiger partial charge in [0.05, 0.1) is 16.0 Å². The van der Waals surface area contributed by atoms with E-state index in [4.69, 9.17) is 0 Å². The molecule has 0 bridgehead atoms. The zero-order chi connectivity index (χ0) is 22.8. The van der Waals surface area contributed by atoms with Crippen LogP contribution in [0.25, 0.3) is 22.0 Å². The zero-order valence-corrected chi connectivity index (χ0v) is 17.5. The quantitative estimate of drug-likeness (QED) is 0.378. The van der Waals surface area contributed by atoms with Crippen molar-refractivity contribution in [2.24, 2.45) is 0 Å². The lowest BCUT2D eigenvalue weighted by Gasteiger charge is -2.12. The fourth-order valence-corrected chi connectivity index (χ4v) is 3.60. The van der Waals surface area contributed by atoms with Crippen LogP contribution < -0.4 is 10.9 Å². The van der Waals surface area contributed by atoms with E-state index in [0.29, 0.717) is 27.7 Å². The third kappa shape index (κ3) is 4.11. The number of hydrogen-bond donors (Lipinski definition) is 1. The van der Waals surface area contributed by atoms with Crippen LogP contribution in [-0.4, -0.2) is 20.6 Å². The summed E-state index contributed by atoms with van der Waals surface area (Å²) in [4.78, 5) is 36.4. The number of aromatic nitrogens is 2. The molecule has 0 fully saturated rings. The minimum absolute atomic E-state index is 0.0845. The summed E-state index contributed by atoms with van der Waals surface area (Å²) in [6.45, 7) is 3.56. The van der Waals surface area contributed by atoms with E-state index >= 15 is 0 Å². The predicted octanol–water partition coefficient (Wildman–Crippen LogP) is 4.23. The highest BCUT2D eigenvalue weighted by Crippen LogP contribution is 2.27. The van der Waals surface area contributed by atoms with E-state index < -0.39 is 16.4 Å². The SMILES string of the molecule is Cc1ccc(NC(=O)Cn2nc(-c3cccc([N+](=O)[O-])c3)c3ccccc3c2=O)c(C)c1. The third-order valence-electron chi connectivity index (χ3n) is 5.15. The number of carbonyl (C=O) groups is 1. The topological polar surface area (TPSA) is 107 Å². The highest BCUT2D eigenvalue weighted by atomic mass is 16.6. The Bertz CT molecular complexity index is 1430. The third-order valence-corrected chi connectivity index (χ3v) is 5.15. The van der Waals surface area contributed by atoms with Gasteiger partial charge in [-0.25, -0.2) is 4.68 Å². The molecule has 160 valence electrons. The molecule has 0 aliphatic rings. The van der Waals surface area contributed by atoms with E-state index in [1.165, 1.54) is 12.1 Å². The van der Waals surface area contributed by atoms with Gasteiger partial charge in [-0.1, -0.05) is 48.0 Å². The van der Waals surface area contributed by atoms with Gasteiger partial charge in [-0.05, 0) is 31.5 Å². The van der Waals surface area contributed by atoms with Gasteiger partial charge in [-0.15, -0.1) is 0 Å². The number of hydrogen-bond acceptors (Lipinski definition) is 5. The summed E-state index contributed by atoms with van der Waals surface area (Å²) in [6, 6.07) is 18.6. The number of amides is 1. The number of carbonyl (C=O) groups excluding carboxylic acids is 1. The van der Waals surface area contributed by atoms with E-state index in [2.05, 4.69) is 10.4 Å². The average molecular weight is 428 g/mol. The summed E-state index contributed by atoms with van der Waals surface area (Å²) in [6.07, 6.45) is 0. The Morgan fingerprint density at radius 1 is 1.03 bits per heavy atom. The number of benzene rings is 3. The van der Waals surface area contributed by atoms with Crippen molar-refractivity contribution in [1.82, 2.24) is 9.78 Å². The number of nitro benzene ring substituents is 1. The van der Waals surface area contributed by atoms with E-state index in [9.17, 15) is 19.7 Å². The molecule has 1 N–H and O–H groups in total. The van der Waals surface area contributed by atoms with Crippen LogP contribution in [0.3, 0.4) is 0 Å². The molecule has 0 unspecified atom stereocenters. The molecule has 0 aliphatic carbocycles. The van der Waals surface area contributed by atoms with Crippen molar-refractivity contribution in [3.8, 4) is 11.3 Å². The number of aryl methyl sites for hydroxylation is 2. The number of nitrogens with zero attached hydrogens (tertiary/aromatic N) is 3. The fraction of sp³-hybridized carbons (Fsp3) is 0.125. The lowest BCUT2D eigenvalue weighted by Crippen LogP contribution is -2.30. The zero-order valence-electron chi connectivity index (χ0n) is 17.5. The summed E-state index contributed by atoms with van der Waals surface area (Å²) in [5, 5.41) is 19.4. The van der Waals surface area contributed by atoms with Crippen LogP contribution in [0.5, 0.6) is 0 Å². The summed E-state index contributed by atoms with van der Waals surface area (Å²) in [7, 11) is 0. The van der Waals surface area contributed by atoms with E-state index in [-0.39, 0.29) is 12.2 Å². The van der Waals surface area contributed by atoms with Gasteiger partial charge in [0.25, 0.3) is 11.2 Å². The highest BCUT2D eigenvalue weighted by molar-refractivity contribution is 5.95. The first-order chi connectivity index (χ1) is 15.3. The van der Waals surface area contributed by atoms with E-state index in [1.807, 2.05) is 32.0 Å². The van der Waals surface area contributed by atoms with Gasteiger partial charge in [-0.2, -0.15) is 5.10 Å². The maximum Gasteiger partial charge on any atom is 0.275 e. The Morgan fingerprint density at radius 2 is 1.78 bits per heavy atom. The van der Waals surface area contributed by atoms with Crippen molar-refractivity contribution in [3.05, 3.63) is 98.3 Å². The molecule has 0 aliphatic heterocycles. The second-order valence-corrected chi connectivity index (χ2v) is 7.53. The van der Waals surface area contributed by atoms with Crippen molar-refractivity contribution in [2.45, 2.75) is 20.4 Å². The number of rotatable bonds is 5.